The summed E-state index contributed by atoms with van der Waals surface area (Å²) in [7, 11) is 1.37. The lowest BCUT2D eigenvalue weighted by molar-refractivity contribution is -0.141. The maximum Gasteiger partial charge on any atom is 0.435 e. The fourth-order valence-electron chi connectivity index (χ4n) is 3.30. The highest BCUT2D eigenvalue weighted by Crippen LogP contribution is 2.30. The largest absolute Gasteiger partial charge is 0.435 e. The van der Waals surface area contributed by atoms with Crippen LogP contribution in [0.2, 0.25) is 0 Å². The minimum Gasteiger partial charge on any atom is -0.350 e. The molecular weight excluding hydrogens is 333 g/mol. The first kappa shape index (κ1) is 19.8. The van der Waals surface area contributed by atoms with E-state index in [1.54, 1.807) is 0 Å². The van der Waals surface area contributed by atoms with Crippen LogP contribution in [0, 0.1) is 11.8 Å². The first-order valence-electron chi connectivity index (χ1n) is 8.72. The second kappa shape index (κ2) is 7.76. The van der Waals surface area contributed by atoms with Gasteiger partial charge in [0, 0.05) is 25.8 Å². The van der Waals surface area contributed by atoms with Crippen molar-refractivity contribution in [2.24, 2.45) is 18.9 Å². The lowest BCUT2D eigenvalue weighted by atomic mass is 9.94. The van der Waals surface area contributed by atoms with Gasteiger partial charge in [0.15, 0.2) is 5.69 Å². The van der Waals surface area contributed by atoms with Gasteiger partial charge in [-0.2, -0.15) is 18.3 Å². The second-order valence-corrected chi connectivity index (χ2v) is 7.30. The second-order valence-electron chi connectivity index (χ2n) is 7.30. The van der Waals surface area contributed by atoms with Crippen LogP contribution in [0.15, 0.2) is 6.20 Å². The van der Waals surface area contributed by atoms with Gasteiger partial charge in [0.2, 0.25) is 0 Å². The Balaban J connectivity index is 2.05. The SMILES string of the molecule is CC1CCN([C@@H](CNC(=O)c2cn(C)nc2C(F)(F)F)C(C)C)CC1. The lowest BCUT2D eigenvalue weighted by Crippen LogP contribution is -2.49. The summed E-state index contributed by atoms with van der Waals surface area (Å²) in [5.41, 5.74) is -1.56. The zero-order chi connectivity index (χ0) is 18.8. The zero-order valence-corrected chi connectivity index (χ0v) is 15.2. The highest BCUT2D eigenvalue weighted by Gasteiger charge is 2.39. The number of alkyl halides is 3. The van der Waals surface area contributed by atoms with Crippen molar-refractivity contribution in [3.8, 4) is 0 Å². The Morgan fingerprint density at radius 1 is 1.36 bits per heavy atom. The van der Waals surface area contributed by atoms with E-state index in [4.69, 9.17) is 0 Å². The van der Waals surface area contributed by atoms with Crippen molar-refractivity contribution in [3.05, 3.63) is 17.5 Å². The molecule has 1 aromatic rings. The summed E-state index contributed by atoms with van der Waals surface area (Å²) in [6, 6.07) is 0.113. The van der Waals surface area contributed by atoms with Crippen LogP contribution in [-0.2, 0) is 13.2 Å². The smallest absolute Gasteiger partial charge is 0.350 e. The van der Waals surface area contributed by atoms with Gasteiger partial charge < -0.3 is 5.32 Å². The Bertz CT molecular complexity index is 589. The van der Waals surface area contributed by atoms with Gasteiger partial charge in [0.25, 0.3) is 5.91 Å². The minimum atomic E-state index is -4.64. The number of likely N-dealkylation sites (tertiary alicyclic amines) is 1. The molecule has 0 radical (unpaired) electrons. The molecule has 1 N–H and O–H groups in total. The van der Waals surface area contributed by atoms with E-state index in [0.717, 1.165) is 36.8 Å². The number of nitrogens with zero attached hydrogens (tertiary/aromatic N) is 3. The van der Waals surface area contributed by atoms with Crippen LogP contribution in [0.1, 0.15) is 49.7 Å². The highest BCUT2D eigenvalue weighted by atomic mass is 19.4. The number of hydrogen-bond acceptors (Lipinski definition) is 3. The maximum absolute atomic E-state index is 13.0. The monoisotopic (exact) mass is 360 g/mol. The molecule has 0 saturated carbocycles. The van der Waals surface area contributed by atoms with Crippen molar-refractivity contribution in [3.63, 3.8) is 0 Å². The number of amides is 1. The fraction of sp³-hybridized carbons (Fsp3) is 0.765. The molecule has 1 atom stereocenters. The molecule has 0 aromatic carbocycles. The third-order valence-electron chi connectivity index (χ3n) is 4.87. The molecule has 2 heterocycles. The van der Waals surface area contributed by atoms with Crippen molar-refractivity contribution in [1.29, 1.82) is 0 Å². The third kappa shape index (κ3) is 4.96. The van der Waals surface area contributed by atoms with E-state index in [1.807, 2.05) is 0 Å². The van der Waals surface area contributed by atoms with Gasteiger partial charge in [-0.25, -0.2) is 0 Å². The summed E-state index contributed by atoms with van der Waals surface area (Å²) in [6.45, 7) is 8.61. The lowest BCUT2D eigenvalue weighted by Gasteiger charge is -2.38. The van der Waals surface area contributed by atoms with Gasteiger partial charge in [0.05, 0.1) is 5.56 Å². The van der Waals surface area contributed by atoms with Crippen LogP contribution in [0.3, 0.4) is 0 Å². The van der Waals surface area contributed by atoms with Gasteiger partial charge in [0.1, 0.15) is 0 Å². The number of aryl methyl sites for hydroxylation is 1. The van der Waals surface area contributed by atoms with Crippen LogP contribution in [0.4, 0.5) is 13.2 Å². The summed E-state index contributed by atoms with van der Waals surface area (Å²) < 4.78 is 40.1. The molecule has 1 aliphatic rings. The number of halogens is 3. The number of rotatable bonds is 5. The van der Waals surface area contributed by atoms with Crippen LogP contribution in [0.5, 0.6) is 0 Å². The molecule has 1 fully saturated rings. The number of carbonyl (C=O) groups is 1. The predicted octanol–water partition coefficient (Wildman–Crippen LogP) is 2.93. The number of piperidine rings is 1. The summed E-state index contributed by atoms with van der Waals surface area (Å²) in [5, 5.41) is 6.06. The van der Waals surface area contributed by atoms with Crippen molar-refractivity contribution >= 4 is 5.91 Å². The molecule has 1 amide bonds. The quantitative estimate of drug-likeness (QED) is 0.878. The van der Waals surface area contributed by atoms with Crippen molar-refractivity contribution in [1.82, 2.24) is 20.0 Å². The standard InChI is InChI=1S/C17H27F3N4O/c1-11(2)14(24-7-5-12(3)6-8-24)9-21-16(25)13-10-23(4)22-15(13)17(18,19)20/h10-12,14H,5-9H2,1-4H3,(H,21,25)/t14-/m0/s1. The molecule has 0 unspecified atom stereocenters. The number of nitrogens with one attached hydrogen (secondary N) is 1. The fourth-order valence-corrected chi connectivity index (χ4v) is 3.30. The highest BCUT2D eigenvalue weighted by molar-refractivity contribution is 5.95. The molecule has 2 rings (SSSR count). The van der Waals surface area contributed by atoms with Crippen LogP contribution >= 0.6 is 0 Å². The van der Waals surface area contributed by atoms with Crippen molar-refractivity contribution in [2.75, 3.05) is 19.6 Å². The Hall–Kier alpha value is -1.57. The molecule has 8 heteroatoms. The van der Waals surface area contributed by atoms with E-state index in [9.17, 15) is 18.0 Å². The van der Waals surface area contributed by atoms with Crippen LogP contribution in [0.25, 0.3) is 0 Å². The summed E-state index contributed by atoms with van der Waals surface area (Å²) in [5.74, 6) is 0.268. The van der Waals surface area contributed by atoms with Crippen LogP contribution in [-0.4, -0.2) is 46.3 Å². The normalized spacial score (nSPS) is 18.6. The van der Waals surface area contributed by atoms with Gasteiger partial charge in [-0.15, -0.1) is 0 Å². The Morgan fingerprint density at radius 2 is 1.96 bits per heavy atom. The minimum absolute atomic E-state index is 0.113. The van der Waals surface area contributed by atoms with E-state index in [-0.39, 0.29) is 6.04 Å². The topological polar surface area (TPSA) is 50.2 Å². The van der Waals surface area contributed by atoms with Gasteiger partial charge in [-0.05, 0) is 37.8 Å². The van der Waals surface area contributed by atoms with Gasteiger partial charge >= 0.3 is 6.18 Å². The van der Waals surface area contributed by atoms with E-state index in [1.165, 1.54) is 7.05 Å². The van der Waals surface area contributed by atoms with Crippen LogP contribution < -0.4 is 5.32 Å². The maximum atomic E-state index is 13.0. The first-order valence-corrected chi connectivity index (χ1v) is 8.72. The average molecular weight is 360 g/mol. The summed E-state index contributed by atoms with van der Waals surface area (Å²) >= 11 is 0. The van der Waals surface area contributed by atoms with E-state index in [0.29, 0.717) is 18.4 Å². The van der Waals surface area contributed by atoms with Gasteiger partial charge in [-0.1, -0.05) is 20.8 Å². The Morgan fingerprint density at radius 3 is 2.48 bits per heavy atom. The molecule has 5 nitrogen and oxygen atoms in total. The Kier molecular flexibility index (Phi) is 6.13. The molecule has 1 saturated heterocycles. The number of hydrogen-bond donors (Lipinski definition) is 1. The first-order chi connectivity index (χ1) is 11.6. The zero-order valence-electron chi connectivity index (χ0n) is 15.2. The van der Waals surface area contributed by atoms with Gasteiger partial charge in [-0.3, -0.25) is 14.4 Å². The Labute approximate surface area is 146 Å². The van der Waals surface area contributed by atoms with E-state index >= 15 is 0 Å². The molecular formula is C17H27F3N4O. The molecule has 25 heavy (non-hydrogen) atoms. The summed E-state index contributed by atoms with van der Waals surface area (Å²) in [4.78, 5) is 14.6. The van der Waals surface area contributed by atoms with Crippen molar-refractivity contribution < 1.29 is 18.0 Å². The average Bonchev–Trinajstić information content (AvgIpc) is 2.91. The predicted molar refractivity (Wildman–Crippen MR) is 89.1 cm³/mol. The molecule has 0 bridgehead atoms. The molecule has 142 valence electrons. The molecule has 0 aliphatic carbocycles. The molecule has 0 spiro atoms. The van der Waals surface area contributed by atoms with E-state index < -0.39 is 23.3 Å². The molecule has 1 aliphatic heterocycles. The summed E-state index contributed by atoms with van der Waals surface area (Å²) in [6.07, 6.45) is -1.31. The third-order valence-corrected chi connectivity index (χ3v) is 4.87. The van der Waals surface area contributed by atoms with Crippen molar-refractivity contribution in [2.45, 2.75) is 45.8 Å². The van der Waals surface area contributed by atoms with E-state index in [2.05, 4.69) is 36.1 Å². The number of carbonyl (C=O) groups excluding carboxylic acids is 1. The molecule has 1 aromatic heterocycles. The number of aromatic nitrogens is 2.